The summed E-state index contributed by atoms with van der Waals surface area (Å²) in [4.78, 5) is 29.5. The van der Waals surface area contributed by atoms with Crippen LogP contribution in [0.25, 0.3) is 0 Å². The highest BCUT2D eigenvalue weighted by Crippen LogP contribution is 2.38. The molecule has 0 saturated heterocycles. The molecule has 0 spiro atoms. The third-order valence-corrected chi connectivity index (χ3v) is 9.02. The second-order valence-corrected chi connectivity index (χ2v) is 12.9. The number of aromatic nitrogens is 2. The highest BCUT2D eigenvalue weighted by atomic mass is 35.5. The number of sulfonamides is 1. The first-order valence-electron chi connectivity index (χ1n) is 12.4. The number of alkyl halides is 3. The number of methoxy groups -OCH3 is 2. The van der Waals surface area contributed by atoms with E-state index in [0.717, 1.165) is 25.2 Å². The molecular weight excluding hydrogens is 705 g/mol. The van der Waals surface area contributed by atoms with E-state index >= 15 is 0 Å². The number of anilines is 1. The number of halogens is 4. The van der Waals surface area contributed by atoms with Gasteiger partial charge in [-0.05, 0) is 31.2 Å². The summed E-state index contributed by atoms with van der Waals surface area (Å²) in [5, 5.41) is 12.7. The first-order chi connectivity index (χ1) is 21.7. The van der Waals surface area contributed by atoms with Crippen molar-refractivity contribution in [2.45, 2.75) is 13.1 Å². The highest BCUT2D eigenvalue weighted by molar-refractivity contribution is 8.03. The number of benzene rings is 2. The third-order valence-electron chi connectivity index (χ3n) is 5.26. The van der Waals surface area contributed by atoms with Gasteiger partial charge in [0.2, 0.25) is 33.5 Å². The van der Waals surface area contributed by atoms with Crippen molar-refractivity contribution >= 4 is 49.5 Å². The molecule has 3 rings (SSSR count). The first kappa shape index (κ1) is 38.5. The fourth-order valence-corrected chi connectivity index (χ4v) is 5.19. The van der Waals surface area contributed by atoms with E-state index in [1.54, 1.807) is 6.92 Å². The Bertz CT molecular complexity index is 1810. The molecule has 23 heteroatoms. The van der Waals surface area contributed by atoms with Gasteiger partial charge in [-0.1, -0.05) is 15.3 Å². The van der Waals surface area contributed by atoms with E-state index in [2.05, 4.69) is 9.97 Å². The molecule has 0 aliphatic carbocycles. The van der Waals surface area contributed by atoms with Gasteiger partial charge in [0.1, 0.15) is 11.5 Å². The molecule has 0 aliphatic heterocycles. The molecule has 3 aromatic rings. The van der Waals surface area contributed by atoms with Crippen molar-refractivity contribution in [1.29, 1.82) is 0 Å². The lowest BCUT2D eigenvalue weighted by Gasteiger charge is -2.15. The van der Waals surface area contributed by atoms with Crippen LogP contribution in [0.15, 0.2) is 42.5 Å². The summed E-state index contributed by atoms with van der Waals surface area (Å²) in [5.74, 6) is -0.0721. The molecule has 0 bridgehead atoms. The van der Waals surface area contributed by atoms with E-state index < -0.39 is 42.9 Å². The average molecular weight is 731 g/mol. The Morgan fingerprint density at radius 3 is 2.09 bits per heavy atom. The molecule has 1 heterocycles. The van der Waals surface area contributed by atoms with Gasteiger partial charge in [0.15, 0.2) is 0 Å². The molecule has 0 unspecified atom stereocenters. The third kappa shape index (κ3) is 11.3. The number of rotatable bonds is 11. The number of carbonyl (C=O) groups excluding carboxylic acids is 1. The van der Waals surface area contributed by atoms with Crippen LogP contribution < -0.4 is 29.0 Å². The molecule has 17 nitrogen and oxygen atoms in total. The normalized spacial score (nSPS) is 11.5. The average Bonchev–Trinajstić information content (AvgIpc) is 2.96. The molecule has 47 heavy (non-hydrogen) atoms. The van der Waals surface area contributed by atoms with Crippen molar-refractivity contribution in [1.82, 2.24) is 18.4 Å². The molecular formula is C24H26ClF3N6O11S2. The summed E-state index contributed by atoms with van der Waals surface area (Å²) in [7, 11) is -5.27. The molecule has 0 fully saturated rings. The van der Waals surface area contributed by atoms with Crippen LogP contribution in [0.3, 0.4) is 0 Å². The smallest absolute Gasteiger partial charge is 0.416 e. The topological polar surface area (TPSA) is 218 Å². The van der Waals surface area contributed by atoms with E-state index in [1.165, 1.54) is 43.2 Å². The maximum absolute atomic E-state index is 12.6. The minimum atomic E-state index is -4.60. The summed E-state index contributed by atoms with van der Waals surface area (Å²) in [5.41, 5.74) is -1.15. The molecule has 0 saturated carbocycles. The second kappa shape index (κ2) is 15.8. The Morgan fingerprint density at radius 1 is 1.02 bits per heavy atom. The Hall–Kier alpha value is -4.67. The number of nitro benzene ring substituents is 1. The number of nitro groups is 1. The predicted molar refractivity (Wildman–Crippen MR) is 160 cm³/mol. The van der Waals surface area contributed by atoms with E-state index in [1.807, 2.05) is 5.32 Å². The van der Waals surface area contributed by atoms with Crippen LogP contribution in [0, 0.1) is 10.1 Å². The monoisotopic (exact) mass is 730 g/mol. The summed E-state index contributed by atoms with van der Waals surface area (Å²) >= 11 is 5.80. The van der Waals surface area contributed by atoms with Crippen molar-refractivity contribution in [3.63, 3.8) is 0 Å². The largest absolute Gasteiger partial charge is 0.487 e. The fourth-order valence-electron chi connectivity index (χ4n) is 3.02. The maximum Gasteiger partial charge on any atom is 0.416 e. The van der Waals surface area contributed by atoms with E-state index in [4.69, 9.17) is 30.5 Å². The fraction of sp³-hybridized carbons (Fsp3) is 0.292. The quantitative estimate of drug-likeness (QED) is 0.209. The number of hydrogen-bond donors (Lipinski definition) is 2. The van der Waals surface area contributed by atoms with E-state index in [9.17, 15) is 44.9 Å². The molecule has 0 radical (unpaired) electrons. The maximum atomic E-state index is 12.6. The Morgan fingerprint density at radius 2 is 1.62 bits per heavy atom. The number of hydrogen-bond acceptors (Lipinski definition) is 13. The van der Waals surface area contributed by atoms with Crippen molar-refractivity contribution in [3.05, 3.63) is 63.2 Å². The number of ether oxygens (including phenoxy) is 4. The van der Waals surface area contributed by atoms with Gasteiger partial charge >= 0.3 is 28.1 Å². The summed E-state index contributed by atoms with van der Waals surface area (Å²) in [6, 6.07) is 6.46. The lowest BCUT2D eigenvalue weighted by molar-refractivity contribution is -0.385. The number of nitrogens with zero attached hydrogens (tertiary/aromatic N) is 4. The molecule has 2 N–H and O–H groups in total. The Kier molecular flexibility index (Phi) is 12.9. The zero-order valence-corrected chi connectivity index (χ0v) is 27.2. The summed E-state index contributed by atoms with van der Waals surface area (Å²) in [6.07, 6.45) is -3.85. The standard InChI is InChI=1S/C15H11ClF3NO4.C9H15N5O7S2/c1-2-23-14-8-10(4-5-12(14)20(21)22)24-13-6-3-9(7-11(13)16)15(17,18)19;1-14(22(4,16)17)23(18,19)13-9(15)12-8-10-6(20-2)5-7(11-8)21-3/h3-8H,2H2,1H3;5H,1-4H3,(H2,10,11,12,13,15). The Labute approximate surface area is 270 Å². The van der Waals surface area contributed by atoms with Gasteiger partial charge in [-0.25, -0.2) is 17.9 Å². The van der Waals surface area contributed by atoms with Crippen LogP contribution in [-0.2, 0) is 26.4 Å². The van der Waals surface area contributed by atoms with Crippen molar-refractivity contribution < 1.29 is 58.7 Å². The van der Waals surface area contributed by atoms with Gasteiger partial charge in [-0.2, -0.15) is 31.6 Å². The van der Waals surface area contributed by atoms with Crippen LogP contribution in [0.1, 0.15) is 12.5 Å². The second-order valence-electron chi connectivity index (χ2n) is 8.54. The highest BCUT2D eigenvalue weighted by Gasteiger charge is 2.31. The molecule has 2 aromatic carbocycles. The zero-order valence-electron chi connectivity index (χ0n) is 24.9. The molecule has 0 atom stereocenters. The zero-order chi connectivity index (χ0) is 35.7. The van der Waals surface area contributed by atoms with Crippen LogP contribution >= 0.6 is 11.6 Å². The van der Waals surface area contributed by atoms with Crippen LogP contribution in [0.2, 0.25) is 5.02 Å². The van der Waals surface area contributed by atoms with Gasteiger partial charge < -0.3 is 18.9 Å². The number of urea groups is 1. The predicted octanol–water partition coefficient (Wildman–Crippen LogP) is 4.21. The SMILES string of the molecule is CCOc1cc(Oc2ccc(C(F)(F)F)cc2Cl)ccc1[N+](=O)[O-].COc1cc(OC)nc(NC(=O)NS(=O)(=O)N(C)S(C)(=O)=O)n1. The number of amides is 2. The number of nitrogens with one attached hydrogen (secondary N) is 2. The van der Waals surface area contributed by atoms with E-state index in [-0.39, 0.29) is 56.0 Å². The molecule has 0 aliphatic rings. The first-order valence-corrected chi connectivity index (χ1v) is 16.1. The van der Waals surface area contributed by atoms with Gasteiger partial charge in [0, 0.05) is 19.2 Å². The molecule has 2 amide bonds. The molecule has 1 aromatic heterocycles. The van der Waals surface area contributed by atoms with Crippen LogP contribution in [0.4, 0.5) is 29.6 Å². The summed E-state index contributed by atoms with van der Waals surface area (Å²) < 4.78 is 105. The number of carbonyl (C=O) groups is 1. The summed E-state index contributed by atoms with van der Waals surface area (Å²) in [6.45, 7) is 1.86. The van der Waals surface area contributed by atoms with Gasteiger partial charge in [-0.15, -0.1) is 0 Å². The van der Waals surface area contributed by atoms with Crippen LogP contribution in [0.5, 0.6) is 29.0 Å². The van der Waals surface area contributed by atoms with E-state index in [0.29, 0.717) is 6.26 Å². The lowest BCUT2D eigenvalue weighted by Crippen LogP contribution is -2.45. The van der Waals surface area contributed by atoms with Crippen LogP contribution in [-0.4, -0.2) is 75.6 Å². The Balaban J connectivity index is 0.000000327. The van der Waals surface area contributed by atoms with Gasteiger partial charge in [0.25, 0.3) is 0 Å². The lowest BCUT2D eigenvalue weighted by atomic mass is 10.2. The van der Waals surface area contributed by atoms with Gasteiger partial charge in [-0.3, -0.25) is 15.4 Å². The van der Waals surface area contributed by atoms with Gasteiger partial charge in [0.05, 0.1) is 48.7 Å². The molecule has 258 valence electrons. The van der Waals surface area contributed by atoms with Crippen molar-refractivity contribution in [2.24, 2.45) is 0 Å². The minimum absolute atomic E-state index is 0.00654. The minimum Gasteiger partial charge on any atom is -0.487 e. The van der Waals surface area contributed by atoms with Crippen molar-refractivity contribution in [2.75, 3.05) is 39.4 Å². The van der Waals surface area contributed by atoms with Crippen molar-refractivity contribution in [3.8, 4) is 29.0 Å².